The van der Waals surface area contributed by atoms with Crippen molar-refractivity contribution < 1.29 is 18.8 Å². The summed E-state index contributed by atoms with van der Waals surface area (Å²) in [4.78, 5) is 6.05. The lowest BCUT2D eigenvalue weighted by molar-refractivity contribution is -0.917. The third-order valence-corrected chi connectivity index (χ3v) is 5.52. The lowest BCUT2D eigenvalue weighted by Crippen LogP contribution is -3.07. The summed E-state index contributed by atoms with van der Waals surface area (Å²) in [7, 11) is 5.38. The molecule has 0 bridgehead atoms. The Balaban J connectivity index is 1.70. The number of nitrogens with one attached hydrogen (secondary N) is 1. The first-order valence-electron chi connectivity index (χ1n) is 8.90. The van der Waals surface area contributed by atoms with Gasteiger partial charge in [-0.05, 0) is 43.8 Å². The predicted octanol–water partition coefficient (Wildman–Crippen LogP) is 2.56. The molecule has 0 spiro atoms. The van der Waals surface area contributed by atoms with Crippen LogP contribution in [0.3, 0.4) is 0 Å². The maximum absolute atomic E-state index is 5.65. The normalized spacial score (nSPS) is 12.2. The average Bonchev–Trinajstić information content (AvgIpc) is 3.21. The number of quaternary nitrogens is 1. The summed E-state index contributed by atoms with van der Waals surface area (Å²) in [6, 6.07) is 4.02. The van der Waals surface area contributed by atoms with Gasteiger partial charge in [0.05, 0.1) is 38.4 Å². The number of aryl methyl sites for hydroxylation is 2. The zero-order valence-electron chi connectivity index (χ0n) is 16.7. The monoisotopic (exact) mass is 421 g/mol. The van der Waals surface area contributed by atoms with E-state index in [1.54, 1.807) is 30.2 Å². The fraction of sp³-hybridized carbons (Fsp3) is 0.421. The molecule has 7 nitrogen and oxygen atoms in total. The van der Waals surface area contributed by atoms with Gasteiger partial charge in [0.2, 0.25) is 5.89 Å². The second-order valence-electron chi connectivity index (χ2n) is 6.72. The van der Waals surface area contributed by atoms with Gasteiger partial charge in [0.25, 0.3) is 4.84 Å². The summed E-state index contributed by atoms with van der Waals surface area (Å²) < 4.78 is 18.2. The van der Waals surface area contributed by atoms with Crippen molar-refractivity contribution in [3.63, 3.8) is 0 Å². The van der Waals surface area contributed by atoms with E-state index < -0.39 is 0 Å². The van der Waals surface area contributed by atoms with Crippen molar-refractivity contribution in [1.29, 1.82) is 0 Å². The van der Waals surface area contributed by atoms with Crippen LogP contribution < -0.4 is 14.4 Å². The second kappa shape index (κ2) is 8.85. The average molecular weight is 422 g/mol. The van der Waals surface area contributed by atoms with E-state index in [9.17, 15) is 0 Å². The van der Waals surface area contributed by atoms with Gasteiger partial charge in [0.1, 0.15) is 6.54 Å². The van der Waals surface area contributed by atoms with Gasteiger partial charge in [0.15, 0.2) is 18.2 Å². The van der Waals surface area contributed by atoms with Gasteiger partial charge in [-0.15, -0.1) is 16.4 Å². The summed E-state index contributed by atoms with van der Waals surface area (Å²) in [6.45, 7) is 5.45. The Hall–Kier alpha value is -2.23. The van der Waals surface area contributed by atoms with Gasteiger partial charge >= 0.3 is 0 Å². The van der Waals surface area contributed by atoms with Crippen molar-refractivity contribution in [2.24, 2.45) is 0 Å². The molecule has 0 saturated heterocycles. The number of rotatable bonds is 8. The first kappa shape index (κ1) is 20.5. The minimum Gasteiger partial charge on any atom is -0.493 e. The number of aromatic nitrogens is 3. The van der Waals surface area contributed by atoms with Crippen LogP contribution in [-0.2, 0) is 19.6 Å². The molecule has 150 valence electrons. The lowest BCUT2D eigenvalue weighted by Gasteiger charge is -2.17. The molecule has 1 atom stereocenters. The zero-order valence-corrected chi connectivity index (χ0v) is 18.4. The molecule has 3 rings (SSSR count). The minimum atomic E-state index is 0.380. The maximum atomic E-state index is 5.65. The molecule has 28 heavy (non-hydrogen) atoms. The summed E-state index contributed by atoms with van der Waals surface area (Å²) in [5, 5.41) is 7.57. The Morgan fingerprint density at radius 3 is 2.57 bits per heavy atom. The Kier molecular flexibility index (Phi) is 6.48. The van der Waals surface area contributed by atoms with Crippen LogP contribution >= 0.6 is 23.6 Å². The number of hydrogen-bond acceptors (Lipinski definition) is 7. The van der Waals surface area contributed by atoms with E-state index in [-0.39, 0.29) is 0 Å². The molecule has 3 aromatic rings. The van der Waals surface area contributed by atoms with Crippen LogP contribution in [0.5, 0.6) is 11.5 Å². The number of ether oxygens (including phenoxy) is 2. The van der Waals surface area contributed by atoms with Gasteiger partial charge in [-0.1, -0.05) is 0 Å². The topological polar surface area (TPSA) is 66.8 Å². The van der Waals surface area contributed by atoms with Gasteiger partial charge in [-0.2, -0.15) is 4.68 Å². The molecule has 0 aliphatic carbocycles. The third-order valence-electron chi connectivity index (χ3n) is 4.40. The molecule has 0 fully saturated rings. The van der Waals surface area contributed by atoms with Gasteiger partial charge in [-0.25, -0.2) is 4.98 Å². The summed E-state index contributed by atoms with van der Waals surface area (Å²) in [5.74, 6) is 2.06. The molecule has 1 unspecified atom stereocenters. The minimum absolute atomic E-state index is 0.380. The Morgan fingerprint density at radius 1 is 1.21 bits per heavy atom. The van der Waals surface area contributed by atoms with Crippen LogP contribution in [0.1, 0.15) is 27.7 Å². The smallest absolute Gasteiger partial charge is 0.291 e. The van der Waals surface area contributed by atoms with E-state index in [1.807, 2.05) is 24.4 Å². The van der Waals surface area contributed by atoms with E-state index in [4.69, 9.17) is 26.1 Å². The fourth-order valence-electron chi connectivity index (χ4n) is 3.01. The van der Waals surface area contributed by atoms with Crippen LogP contribution in [0.15, 0.2) is 21.9 Å². The van der Waals surface area contributed by atoms with Crippen LogP contribution in [-0.4, -0.2) is 36.0 Å². The molecule has 0 saturated carbocycles. The molecule has 9 heteroatoms. The van der Waals surface area contributed by atoms with Gasteiger partial charge in [0, 0.05) is 10.9 Å². The molecule has 0 aliphatic rings. The number of thiazole rings is 1. The van der Waals surface area contributed by atoms with Crippen LogP contribution in [0, 0.1) is 18.7 Å². The van der Waals surface area contributed by atoms with E-state index in [1.165, 1.54) is 10.5 Å². The highest BCUT2D eigenvalue weighted by Crippen LogP contribution is 2.29. The number of benzene rings is 1. The van der Waals surface area contributed by atoms with Crippen LogP contribution in [0.2, 0.25) is 0 Å². The first-order chi connectivity index (χ1) is 13.4. The lowest BCUT2D eigenvalue weighted by atomic mass is 10.1. The van der Waals surface area contributed by atoms with Crippen molar-refractivity contribution in [3.05, 3.63) is 50.1 Å². The van der Waals surface area contributed by atoms with E-state index in [2.05, 4.69) is 24.1 Å². The highest BCUT2D eigenvalue weighted by molar-refractivity contribution is 7.71. The second-order valence-corrected chi connectivity index (χ2v) is 8.13. The van der Waals surface area contributed by atoms with Crippen molar-refractivity contribution in [2.75, 3.05) is 21.3 Å². The number of nitrogens with zero attached hydrogens (tertiary/aromatic N) is 3. The Bertz CT molecular complexity index is 1010. The highest BCUT2D eigenvalue weighted by atomic mass is 32.1. The van der Waals surface area contributed by atoms with Crippen LogP contribution in [0.4, 0.5) is 0 Å². The maximum Gasteiger partial charge on any atom is 0.291 e. The van der Waals surface area contributed by atoms with Crippen molar-refractivity contribution in [3.8, 4) is 11.5 Å². The molecule has 1 aromatic carbocycles. The SMILES string of the molecule is COc1cc(C)c(C[NH+](C)Cn2nc(Cc3csc(C)n3)oc2=S)cc1OC. The fourth-order valence-corrected chi connectivity index (χ4v) is 3.83. The predicted molar refractivity (Wildman–Crippen MR) is 110 cm³/mol. The number of hydrogen-bond donors (Lipinski definition) is 1. The standard InChI is InChI=1S/C19H24N4O3S2/c1-12-6-16(24-4)17(25-5)7-14(12)9-22(3)11-23-19(27)26-18(21-23)8-15-10-28-13(2)20-15/h6-7,10H,8-9,11H2,1-5H3/p+1. The molecule has 2 aromatic heterocycles. The molecular formula is C19H25N4O3S2+. The highest BCUT2D eigenvalue weighted by Gasteiger charge is 2.15. The molecule has 0 aliphatic heterocycles. The molecule has 2 heterocycles. The van der Waals surface area contributed by atoms with E-state index >= 15 is 0 Å². The third kappa shape index (κ3) is 4.78. The quantitative estimate of drug-likeness (QED) is 0.564. The molecular weight excluding hydrogens is 396 g/mol. The summed E-state index contributed by atoms with van der Waals surface area (Å²) >= 11 is 6.96. The largest absolute Gasteiger partial charge is 0.493 e. The van der Waals surface area contributed by atoms with Gasteiger partial charge < -0.3 is 18.8 Å². The number of methoxy groups -OCH3 is 2. The van der Waals surface area contributed by atoms with E-state index in [0.717, 1.165) is 34.3 Å². The van der Waals surface area contributed by atoms with Crippen molar-refractivity contribution >= 4 is 23.6 Å². The summed E-state index contributed by atoms with van der Waals surface area (Å²) in [6.07, 6.45) is 0.550. The summed E-state index contributed by atoms with van der Waals surface area (Å²) in [5.41, 5.74) is 3.29. The van der Waals surface area contributed by atoms with Crippen molar-refractivity contribution in [1.82, 2.24) is 14.8 Å². The van der Waals surface area contributed by atoms with Crippen molar-refractivity contribution in [2.45, 2.75) is 33.5 Å². The molecule has 0 radical (unpaired) electrons. The molecule has 1 N–H and O–H groups in total. The van der Waals surface area contributed by atoms with Crippen LogP contribution in [0.25, 0.3) is 0 Å². The zero-order chi connectivity index (χ0) is 20.3. The Labute approximate surface area is 173 Å². The molecule has 0 amide bonds. The van der Waals surface area contributed by atoms with Gasteiger partial charge in [-0.3, -0.25) is 0 Å². The van der Waals surface area contributed by atoms with E-state index in [0.29, 0.717) is 23.8 Å². The Morgan fingerprint density at radius 2 is 1.93 bits per heavy atom. The first-order valence-corrected chi connectivity index (χ1v) is 10.2.